The number of allylic oxidation sites excluding steroid dienone is 3. The van der Waals surface area contributed by atoms with Crippen LogP contribution in [0.4, 0.5) is 0 Å². The van der Waals surface area contributed by atoms with Crippen LogP contribution in [-0.4, -0.2) is 6.71 Å². The van der Waals surface area contributed by atoms with Gasteiger partial charge in [-0.1, -0.05) is 115 Å². The first kappa shape index (κ1) is 23.7. The Morgan fingerprint density at radius 2 is 1.41 bits per heavy atom. The van der Waals surface area contributed by atoms with E-state index >= 15 is 0 Å². The first-order chi connectivity index (χ1) is 15.3. The standard InChI is InChI=1S/C27H28BN.C3H8/c1-6-10-23-27(29)25-18(3)15-22(21-11-8-7-9-12-21)16-24(25)28(23)26-19(4)13-17(2)14-20(26)5;1-3-2/h6-16H,29H2,1-5H3;3H2,1-2H3/b10-6-;. The summed E-state index contributed by atoms with van der Waals surface area (Å²) in [5.74, 6) is 0. The topological polar surface area (TPSA) is 26.0 Å². The zero-order valence-electron chi connectivity index (χ0n) is 20.7. The van der Waals surface area contributed by atoms with Crippen LogP contribution in [0.5, 0.6) is 0 Å². The molecular weight excluding hydrogens is 385 g/mol. The van der Waals surface area contributed by atoms with Gasteiger partial charge in [-0.05, 0) is 62.3 Å². The third-order valence-corrected chi connectivity index (χ3v) is 6.05. The van der Waals surface area contributed by atoms with Gasteiger partial charge < -0.3 is 5.73 Å². The van der Waals surface area contributed by atoms with Crippen LogP contribution in [0.25, 0.3) is 16.8 Å². The van der Waals surface area contributed by atoms with Gasteiger partial charge in [-0.15, -0.1) is 0 Å². The monoisotopic (exact) mass is 421 g/mol. The molecule has 2 N–H and O–H groups in total. The maximum Gasteiger partial charge on any atom is 0.245 e. The molecule has 0 unspecified atom stereocenters. The van der Waals surface area contributed by atoms with Crippen molar-refractivity contribution in [3.63, 3.8) is 0 Å². The van der Waals surface area contributed by atoms with E-state index < -0.39 is 0 Å². The number of aryl methyl sites for hydroxylation is 4. The Morgan fingerprint density at radius 1 is 0.812 bits per heavy atom. The van der Waals surface area contributed by atoms with Gasteiger partial charge in [-0.25, -0.2) is 0 Å². The van der Waals surface area contributed by atoms with Gasteiger partial charge in [-0.2, -0.15) is 0 Å². The molecule has 0 spiro atoms. The van der Waals surface area contributed by atoms with Gasteiger partial charge in [-0.3, -0.25) is 0 Å². The lowest BCUT2D eigenvalue weighted by molar-refractivity contribution is 1.09. The van der Waals surface area contributed by atoms with E-state index in [1.807, 2.05) is 0 Å². The minimum Gasteiger partial charge on any atom is -0.399 e. The first-order valence-electron chi connectivity index (χ1n) is 11.7. The van der Waals surface area contributed by atoms with E-state index in [2.05, 4.69) is 115 Å². The smallest absolute Gasteiger partial charge is 0.245 e. The quantitative estimate of drug-likeness (QED) is 0.486. The predicted molar refractivity (Wildman–Crippen MR) is 144 cm³/mol. The van der Waals surface area contributed by atoms with Gasteiger partial charge in [0.15, 0.2) is 0 Å². The highest BCUT2D eigenvalue weighted by Crippen LogP contribution is 2.31. The summed E-state index contributed by atoms with van der Waals surface area (Å²) in [6, 6.07) is 19.8. The molecule has 32 heavy (non-hydrogen) atoms. The van der Waals surface area contributed by atoms with Crippen LogP contribution < -0.4 is 16.7 Å². The van der Waals surface area contributed by atoms with Gasteiger partial charge in [0.05, 0.1) is 0 Å². The number of nitrogens with two attached hydrogens (primary N) is 1. The minimum absolute atomic E-state index is 0.171. The fourth-order valence-electron chi connectivity index (χ4n) is 5.00. The Balaban J connectivity index is 0.000000913. The van der Waals surface area contributed by atoms with Crippen molar-refractivity contribution < 1.29 is 0 Å². The molecule has 1 aliphatic heterocycles. The van der Waals surface area contributed by atoms with Gasteiger partial charge >= 0.3 is 0 Å². The molecule has 3 aromatic rings. The molecule has 0 amide bonds. The molecule has 0 radical (unpaired) electrons. The molecule has 0 saturated carbocycles. The highest BCUT2D eigenvalue weighted by atomic mass is 14.6. The van der Waals surface area contributed by atoms with Gasteiger partial charge in [0, 0.05) is 5.70 Å². The molecule has 2 heteroatoms. The fourth-order valence-corrected chi connectivity index (χ4v) is 5.00. The van der Waals surface area contributed by atoms with Crippen LogP contribution in [0.1, 0.15) is 55.0 Å². The summed E-state index contributed by atoms with van der Waals surface area (Å²) >= 11 is 0. The second-order valence-electron chi connectivity index (χ2n) is 8.94. The van der Waals surface area contributed by atoms with Crippen LogP contribution in [0.3, 0.4) is 0 Å². The molecule has 0 bridgehead atoms. The van der Waals surface area contributed by atoms with Crippen molar-refractivity contribution in [3.05, 3.63) is 100 Å². The number of hydrogen-bond acceptors (Lipinski definition) is 1. The maximum atomic E-state index is 6.75. The summed E-state index contributed by atoms with van der Waals surface area (Å²) in [6.45, 7) is 15.3. The molecule has 1 aliphatic rings. The van der Waals surface area contributed by atoms with Crippen LogP contribution in [-0.2, 0) is 0 Å². The van der Waals surface area contributed by atoms with Crippen LogP contribution in [0.15, 0.2) is 72.2 Å². The van der Waals surface area contributed by atoms with Crippen molar-refractivity contribution in [1.29, 1.82) is 0 Å². The largest absolute Gasteiger partial charge is 0.399 e. The van der Waals surface area contributed by atoms with Gasteiger partial charge in [0.1, 0.15) is 0 Å². The Labute approximate surface area is 195 Å². The second kappa shape index (κ2) is 10.1. The molecule has 0 fully saturated rings. The molecule has 1 heterocycles. The molecule has 0 aliphatic carbocycles. The van der Waals surface area contributed by atoms with Crippen molar-refractivity contribution in [1.82, 2.24) is 0 Å². The SMILES string of the molecule is C/C=C\C1=C(N)c2c(C)cc(-c3ccccc3)cc2B1c1c(C)cc(C)cc1C.CCC. The highest BCUT2D eigenvalue weighted by Gasteiger charge is 2.36. The Hall–Kier alpha value is -3.00. The van der Waals surface area contributed by atoms with E-state index in [0.29, 0.717) is 0 Å². The molecular formula is C30H36BN. The van der Waals surface area contributed by atoms with Crippen molar-refractivity contribution >= 4 is 23.3 Å². The van der Waals surface area contributed by atoms with Crippen LogP contribution >= 0.6 is 0 Å². The summed E-state index contributed by atoms with van der Waals surface area (Å²) < 4.78 is 0. The summed E-state index contributed by atoms with van der Waals surface area (Å²) in [6.07, 6.45) is 5.55. The molecule has 3 aromatic carbocycles. The molecule has 1 nitrogen and oxygen atoms in total. The second-order valence-corrected chi connectivity index (χ2v) is 8.94. The van der Waals surface area contributed by atoms with E-state index in [1.54, 1.807) is 0 Å². The average molecular weight is 421 g/mol. The van der Waals surface area contributed by atoms with Crippen molar-refractivity contribution in [2.24, 2.45) is 5.73 Å². The third kappa shape index (κ3) is 4.46. The summed E-state index contributed by atoms with van der Waals surface area (Å²) in [4.78, 5) is 0. The van der Waals surface area contributed by atoms with Crippen LogP contribution in [0.2, 0.25) is 0 Å². The minimum atomic E-state index is 0.171. The lowest BCUT2D eigenvalue weighted by atomic mass is 9.36. The van der Waals surface area contributed by atoms with Crippen molar-refractivity contribution in [2.75, 3.05) is 0 Å². The average Bonchev–Trinajstić information content (AvgIpc) is 3.01. The molecule has 0 atom stereocenters. The Morgan fingerprint density at radius 3 is 1.97 bits per heavy atom. The highest BCUT2D eigenvalue weighted by molar-refractivity contribution is 6.94. The summed E-state index contributed by atoms with van der Waals surface area (Å²) in [5, 5.41) is 0. The van der Waals surface area contributed by atoms with Crippen molar-refractivity contribution in [3.8, 4) is 11.1 Å². The lowest BCUT2D eigenvalue weighted by Gasteiger charge is -2.19. The number of hydrogen-bond donors (Lipinski definition) is 1. The third-order valence-electron chi connectivity index (χ3n) is 6.05. The fraction of sp³-hybridized carbons (Fsp3) is 0.267. The molecule has 0 aromatic heterocycles. The number of fused-ring (bicyclic) bond motifs is 1. The predicted octanol–water partition coefficient (Wildman–Crippen LogP) is 6.41. The van der Waals surface area contributed by atoms with Crippen molar-refractivity contribution in [2.45, 2.75) is 54.9 Å². The van der Waals surface area contributed by atoms with E-state index in [9.17, 15) is 0 Å². The zero-order valence-corrected chi connectivity index (χ0v) is 20.7. The van der Waals surface area contributed by atoms with E-state index in [1.165, 1.54) is 61.8 Å². The van der Waals surface area contributed by atoms with E-state index in [4.69, 9.17) is 5.73 Å². The lowest BCUT2D eigenvalue weighted by Crippen LogP contribution is -2.45. The molecule has 164 valence electrons. The molecule has 4 rings (SSSR count). The van der Waals surface area contributed by atoms with Gasteiger partial charge in [0.2, 0.25) is 6.71 Å². The normalized spacial score (nSPS) is 12.8. The maximum absolute atomic E-state index is 6.75. The summed E-state index contributed by atoms with van der Waals surface area (Å²) in [7, 11) is 0. The van der Waals surface area contributed by atoms with Crippen LogP contribution in [0, 0.1) is 27.7 Å². The Bertz CT molecular complexity index is 1150. The number of benzene rings is 3. The number of rotatable bonds is 3. The zero-order chi connectivity index (χ0) is 23.4. The van der Waals surface area contributed by atoms with Gasteiger partial charge in [0.25, 0.3) is 0 Å². The van der Waals surface area contributed by atoms with E-state index in [0.717, 1.165) is 5.70 Å². The molecule has 0 saturated heterocycles. The summed E-state index contributed by atoms with van der Waals surface area (Å²) in [5.41, 5.74) is 20.5. The first-order valence-corrected chi connectivity index (χ1v) is 11.7. The Kier molecular flexibility index (Phi) is 7.46. The van der Waals surface area contributed by atoms with E-state index in [-0.39, 0.29) is 6.71 Å².